The third-order valence-electron chi connectivity index (χ3n) is 4.21. The first kappa shape index (κ1) is 15.1. The standard InChI is InChI=1S/C18H26O2/c1-14(2)16-10-6-7-11-18(16)20-13-12-17(19)15-8-4-3-5-9-15/h6-7,10-11,14-15H,3-5,8-9,12-13H2,1-2H3. The summed E-state index contributed by atoms with van der Waals surface area (Å²) in [4.78, 5) is 12.1. The average Bonchev–Trinajstić information content (AvgIpc) is 2.48. The normalized spacial score (nSPS) is 16.4. The molecule has 1 fully saturated rings. The van der Waals surface area contributed by atoms with Gasteiger partial charge in [-0.1, -0.05) is 51.3 Å². The van der Waals surface area contributed by atoms with Gasteiger partial charge in [0.25, 0.3) is 0 Å². The number of carbonyl (C=O) groups excluding carboxylic acids is 1. The zero-order valence-corrected chi connectivity index (χ0v) is 12.7. The summed E-state index contributed by atoms with van der Waals surface area (Å²) >= 11 is 0. The Labute approximate surface area is 122 Å². The van der Waals surface area contributed by atoms with Crippen molar-refractivity contribution in [2.24, 2.45) is 5.92 Å². The van der Waals surface area contributed by atoms with Crippen molar-refractivity contribution in [2.75, 3.05) is 6.61 Å². The molecule has 1 aromatic carbocycles. The molecule has 2 heteroatoms. The van der Waals surface area contributed by atoms with Crippen LogP contribution >= 0.6 is 0 Å². The molecule has 0 spiro atoms. The highest BCUT2D eigenvalue weighted by Crippen LogP contribution is 2.27. The van der Waals surface area contributed by atoms with Gasteiger partial charge in [-0.05, 0) is 30.4 Å². The highest BCUT2D eigenvalue weighted by atomic mass is 16.5. The number of hydrogen-bond donors (Lipinski definition) is 0. The van der Waals surface area contributed by atoms with Crippen molar-refractivity contribution in [3.8, 4) is 5.75 Å². The minimum atomic E-state index is 0.299. The van der Waals surface area contributed by atoms with Crippen molar-refractivity contribution < 1.29 is 9.53 Å². The Hall–Kier alpha value is -1.31. The molecule has 2 rings (SSSR count). The quantitative estimate of drug-likeness (QED) is 0.749. The van der Waals surface area contributed by atoms with Gasteiger partial charge >= 0.3 is 0 Å². The van der Waals surface area contributed by atoms with E-state index in [2.05, 4.69) is 19.9 Å². The van der Waals surface area contributed by atoms with Gasteiger partial charge in [0.05, 0.1) is 6.61 Å². The smallest absolute Gasteiger partial charge is 0.139 e. The second-order valence-corrected chi connectivity index (χ2v) is 6.09. The summed E-state index contributed by atoms with van der Waals surface area (Å²) in [6, 6.07) is 8.13. The van der Waals surface area contributed by atoms with Crippen LogP contribution in [0.4, 0.5) is 0 Å². The van der Waals surface area contributed by atoms with Gasteiger partial charge in [0, 0.05) is 12.3 Å². The molecule has 0 heterocycles. The Morgan fingerprint density at radius 3 is 2.60 bits per heavy atom. The molecule has 0 amide bonds. The van der Waals surface area contributed by atoms with E-state index in [9.17, 15) is 4.79 Å². The van der Waals surface area contributed by atoms with E-state index in [1.54, 1.807) is 0 Å². The first-order valence-corrected chi connectivity index (χ1v) is 7.93. The van der Waals surface area contributed by atoms with Gasteiger partial charge in [-0.25, -0.2) is 0 Å². The maximum Gasteiger partial charge on any atom is 0.139 e. The molecule has 0 atom stereocenters. The molecule has 0 bridgehead atoms. The Morgan fingerprint density at radius 2 is 1.90 bits per heavy atom. The van der Waals surface area contributed by atoms with E-state index in [0.717, 1.165) is 18.6 Å². The van der Waals surface area contributed by atoms with Crippen molar-refractivity contribution >= 4 is 5.78 Å². The fourth-order valence-corrected chi connectivity index (χ4v) is 2.98. The van der Waals surface area contributed by atoms with Gasteiger partial charge in [-0.15, -0.1) is 0 Å². The Morgan fingerprint density at radius 1 is 1.20 bits per heavy atom. The predicted molar refractivity (Wildman–Crippen MR) is 82.2 cm³/mol. The van der Waals surface area contributed by atoms with Gasteiger partial charge in [-0.3, -0.25) is 4.79 Å². The van der Waals surface area contributed by atoms with E-state index >= 15 is 0 Å². The fraction of sp³-hybridized carbons (Fsp3) is 0.611. The molecule has 0 saturated heterocycles. The van der Waals surface area contributed by atoms with E-state index in [1.807, 2.05) is 18.2 Å². The van der Waals surface area contributed by atoms with E-state index in [1.165, 1.54) is 24.8 Å². The van der Waals surface area contributed by atoms with Crippen LogP contribution in [0, 0.1) is 5.92 Å². The van der Waals surface area contributed by atoms with Gasteiger partial charge < -0.3 is 4.74 Å². The van der Waals surface area contributed by atoms with E-state index < -0.39 is 0 Å². The molecule has 20 heavy (non-hydrogen) atoms. The number of carbonyl (C=O) groups is 1. The fourth-order valence-electron chi connectivity index (χ4n) is 2.98. The molecular formula is C18H26O2. The Bertz CT molecular complexity index is 431. The lowest BCUT2D eigenvalue weighted by molar-refractivity contribution is -0.124. The largest absolute Gasteiger partial charge is 0.493 e. The molecule has 1 aliphatic carbocycles. The molecule has 1 aliphatic rings. The first-order valence-electron chi connectivity index (χ1n) is 7.93. The molecule has 0 aromatic heterocycles. The summed E-state index contributed by atoms with van der Waals surface area (Å²) in [5.41, 5.74) is 1.22. The van der Waals surface area contributed by atoms with Crippen LogP contribution in [0.3, 0.4) is 0 Å². The number of ketones is 1. The van der Waals surface area contributed by atoms with Crippen LogP contribution in [0.15, 0.2) is 24.3 Å². The van der Waals surface area contributed by atoms with E-state index in [-0.39, 0.29) is 0 Å². The maximum absolute atomic E-state index is 12.1. The minimum Gasteiger partial charge on any atom is -0.493 e. The molecule has 1 aromatic rings. The lowest BCUT2D eigenvalue weighted by Gasteiger charge is -2.20. The number of ether oxygens (including phenoxy) is 1. The summed E-state index contributed by atoms with van der Waals surface area (Å²) in [6.45, 7) is 4.84. The van der Waals surface area contributed by atoms with Crippen molar-refractivity contribution in [1.29, 1.82) is 0 Å². The third-order valence-corrected chi connectivity index (χ3v) is 4.21. The summed E-state index contributed by atoms with van der Waals surface area (Å²) in [7, 11) is 0. The molecule has 110 valence electrons. The van der Waals surface area contributed by atoms with Crippen LogP contribution in [0.25, 0.3) is 0 Å². The summed E-state index contributed by atoms with van der Waals surface area (Å²) in [6.07, 6.45) is 6.45. The molecule has 0 radical (unpaired) electrons. The highest BCUT2D eigenvalue weighted by molar-refractivity contribution is 5.81. The summed E-state index contributed by atoms with van der Waals surface area (Å²) in [5.74, 6) is 2.07. The van der Waals surface area contributed by atoms with Crippen LogP contribution < -0.4 is 4.74 Å². The van der Waals surface area contributed by atoms with Crippen LogP contribution in [-0.2, 0) is 4.79 Å². The van der Waals surface area contributed by atoms with Gasteiger partial charge in [0.2, 0.25) is 0 Å². The van der Waals surface area contributed by atoms with Gasteiger partial charge in [-0.2, -0.15) is 0 Å². The average molecular weight is 274 g/mol. The number of para-hydroxylation sites is 1. The Kier molecular flexibility index (Phi) is 5.63. The molecule has 1 saturated carbocycles. The predicted octanol–water partition coefficient (Wildman–Crippen LogP) is 4.73. The molecule has 0 unspecified atom stereocenters. The van der Waals surface area contributed by atoms with Crippen molar-refractivity contribution in [1.82, 2.24) is 0 Å². The van der Waals surface area contributed by atoms with Crippen LogP contribution in [-0.4, -0.2) is 12.4 Å². The zero-order chi connectivity index (χ0) is 14.4. The van der Waals surface area contributed by atoms with Crippen LogP contribution in [0.1, 0.15) is 63.9 Å². The van der Waals surface area contributed by atoms with Gasteiger partial charge in [0.15, 0.2) is 0 Å². The van der Waals surface area contributed by atoms with Crippen molar-refractivity contribution in [3.05, 3.63) is 29.8 Å². The molecule has 0 N–H and O–H groups in total. The summed E-state index contributed by atoms with van der Waals surface area (Å²) in [5, 5.41) is 0. The topological polar surface area (TPSA) is 26.3 Å². The van der Waals surface area contributed by atoms with Crippen LogP contribution in [0.5, 0.6) is 5.75 Å². The van der Waals surface area contributed by atoms with Crippen molar-refractivity contribution in [2.45, 2.75) is 58.3 Å². The molecular weight excluding hydrogens is 248 g/mol. The minimum absolute atomic E-state index is 0.299. The lowest BCUT2D eigenvalue weighted by Crippen LogP contribution is -2.19. The third kappa shape index (κ3) is 4.09. The number of Topliss-reactive ketones (excluding diaryl/α,β-unsaturated/α-hetero) is 1. The lowest BCUT2D eigenvalue weighted by atomic mass is 9.85. The monoisotopic (exact) mass is 274 g/mol. The summed E-state index contributed by atoms with van der Waals surface area (Å²) < 4.78 is 5.84. The van der Waals surface area contributed by atoms with Crippen LogP contribution in [0.2, 0.25) is 0 Å². The maximum atomic E-state index is 12.1. The van der Waals surface area contributed by atoms with E-state index in [4.69, 9.17) is 4.74 Å². The first-order chi connectivity index (χ1) is 9.68. The Balaban J connectivity index is 1.82. The second kappa shape index (κ2) is 7.47. The number of rotatable bonds is 6. The molecule has 2 nitrogen and oxygen atoms in total. The van der Waals surface area contributed by atoms with Gasteiger partial charge in [0.1, 0.15) is 11.5 Å². The number of benzene rings is 1. The van der Waals surface area contributed by atoms with E-state index in [0.29, 0.717) is 30.6 Å². The zero-order valence-electron chi connectivity index (χ0n) is 12.7. The second-order valence-electron chi connectivity index (χ2n) is 6.09. The number of hydrogen-bond acceptors (Lipinski definition) is 2. The SMILES string of the molecule is CC(C)c1ccccc1OCCC(=O)C1CCCCC1. The molecule has 0 aliphatic heterocycles. The van der Waals surface area contributed by atoms with Crippen molar-refractivity contribution in [3.63, 3.8) is 0 Å². The highest BCUT2D eigenvalue weighted by Gasteiger charge is 2.20.